The van der Waals surface area contributed by atoms with Crippen molar-refractivity contribution in [3.63, 3.8) is 0 Å². The van der Waals surface area contributed by atoms with Crippen molar-refractivity contribution in [2.45, 2.75) is 26.3 Å². The van der Waals surface area contributed by atoms with Gasteiger partial charge in [0, 0.05) is 19.8 Å². The number of nitrogens with one attached hydrogen (secondary N) is 1. The van der Waals surface area contributed by atoms with Gasteiger partial charge in [0.1, 0.15) is 0 Å². The molecular weight excluding hydrogens is 310 g/mol. The second kappa shape index (κ2) is 10.5. The molecule has 1 rings (SSSR count). The third kappa shape index (κ3) is 7.63. The number of hydrogen-bond donors (Lipinski definition) is 1. The van der Waals surface area contributed by atoms with Crippen molar-refractivity contribution >= 4 is 39.7 Å². The van der Waals surface area contributed by atoms with E-state index in [0.29, 0.717) is 0 Å². The molecule has 1 aromatic heterocycles. The number of unbranched alkanes of at least 4 members (excludes halogenated alkanes) is 1. The van der Waals surface area contributed by atoms with E-state index < -0.39 is 0 Å². The average Bonchev–Trinajstić information content (AvgIpc) is 2.63. The Labute approximate surface area is 116 Å². The smallest absolute Gasteiger partial charge is 0.0701 e. The summed E-state index contributed by atoms with van der Waals surface area (Å²) in [5, 5.41) is 5.60. The lowest BCUT2D eigenvalue weighted by Gasteiger charge is -2.03. The molecule has 0 atom stereocenters. The van der Waals surface area contributed by atoms with Crippen molar-refractivity contribution in [3.05, 3.63) is 20.8 Å². The van der Waals surface area contributed by atoms with Gasteiger partial charge in [-0.2, -0.15) is 0 Å². The fourth-order valence-electron chi connectivity index (χ4n) is 1.27. The molecule has 0 saturated carbocycles. The lowest BCUT2D eigenvalue weighted by molar-refractivity contribution is 0.143. The summed E-state index contributed by atoms with van der Waals surface area (Å²) in [5.74, 6) is 0. The summed E-state index contributed by atoms with van der Waals surface area (Å²) in [7, 11) is 0. The average molecular weight is 329 g/mol. The minimum atomic E-state index is 0. The molecule has 1 aromatic rings. The van der Waals surface area contributed by atoms with Crippen molar-refractivity contribution in [2.75, 3.05) is 19.8 Å². The Hall–Kier alpha value is 0.390. The van der Waals surface area contributed by atoms with Crippen LogP contribution >= 0.6 is 39.7 Å². The van der Waals surface area contributed by atoms with Gasteiger partial charge in [0.25, 0.3) is 0 Å². The van der Waals surface area contributed by atoms with Crippen LogP contribution in [-0.2, 0) is 11.3 Å². The molecule has 1 N–H and O–H groups in total. The first-order chi connectivity index (χ1) is 7.33. The molecule has 0 amide bonds. The van der Waals surface area contributed by atoms with Crippen LogP contribution in [0, 0.1) is 0 Å². The monoisotopic (exact) mass is 327 g/mol. The maximum Gasteiger partial charge on any atom is 0.0701 e. The Morgan fingerprint density at radius 1 is 1.44 bits per heavy atom. The largest absolute Gasteiger partial charge is 0.382 e. The SMILES string of the molecule is CCOCCCCNCc1csc(Br)c1.Cl. The van der Waals surface area contributed by atoms with Gasteiger partial charge in [0.05, 0.1) is 3.79 Å². The van der Waals surface area contributed by atoms with E-state index in [0.717, 1.165) is 32.7 Å². The highest BCUT2D eigenvalue weighted by Crippen LogP contribution is 2.20. The van der Waals surface area contributed by atoms with E-state index in [1.54, 1.807) is 11.3 Å². The molecule has 2 nitrogen and oxygen atoms in total. The molecular formula is C11H19BrClNOS. The molecule has 0 radical (unpaired) electrons. The minimum Gasteiger partial charge on any atom is -0.382 e. The van der Waals surface area contributed by atoms with Crippen LogP contribution in [0.25, 0.3) is 0 Å². The Morgan fingerprint density at radius 3 is 2.88 bits per heavy atom. The predicted octanol–water partition coefficient (Wildman–Crippen LogP) is 3.84. The van der Waals surface area contributed by atoms with Crippen LogP contribution in [0.2, 0.25) is 0 Å². The van der Waals surface area contributed by atoms with Crippen molar-refractivity contribution in [3.8, 4) is 0 Å². The Morgan fingerprint density at radius 2 is 2.25 bits per heavy atom. The summed E-state index contributed by atoms with van der Waals surface area (Å²) >= 11 is 5.19. The van der Waals surface area contributed by atoms with Gasteiger partial charge >= 0.3 is 0 Å². The van der Waals surface area contributed by atoms with E-state index in [1.165, 1.54) is 15.8 Å². The highest BCUT2D eigenvalue weighted by molar-refractivity contribution is 9.11. The minimum absolute atomic E-state index is 0. The van der Waals surface area contributed by atoms with Gasteiger partial charge in [-0.05, 0) is 59.2 Å². The van der Waals surface area contributed by atoms with Crippen molar-refractivity contribution < 1.29 is 4.74 Å². The van der Waals surface area contributed by atoms with Gasteiger partial charge in [-0.15, -0.1) is 23.7 Å². The van der Waals surface area contributed by atoms with Crippen molar-refractivity contribution in [2.24, 2.45) is 0 Å². The fraction of sp³-hybridized carbons (Fsp3) is 0.636. The van der Waals surface area contributed by atoms with E-state index in [1.807, 2.05) is 6.92 Å². The molecule has 0 fully saturated rings. The van der Waals surface area contributed by atoms with Crippen molar-refractivity contribution in [1.82, 2.24) is 5.32 Å². The highest BCUT2D eigenvalue weighted by Gasteiger charge is 1.96. The van der Waals surface area contributed by atoms with Gasteiger partial charge in [0.2, 0.25) is 0 Å². The summed E-state index contributed by atoms with van der Waals surface area (Å²) in [5.41, 5.74) is 1.36. The Kier molecular flexibility index (Phi) is 10.8. The molecule has 0 aliphatic carbocycles. The van der Waals surface area contributed by atoms with Crippen molar-refractivity contribution in [1.29, 1.82) is 0 Å². The van der Waals surface area contributed by atoms with Gasteiger partial charge in [-0.3, -0.25) is 0 Å². The van der Waals surface area contributed by atoms with Crippen LogP contribution in [0.15, 0.2) is 15.2 Å². The Balaban J connectivity index is 0.00000225. The zero-order valence-corrected chi connectivity index (χ0v) is 12.7. The maximum atomic E-state index is 5.27. The fourth-order valence-corrected chi connectivity index (χ4v) is 2.48. The van der Waals surface area contributed by atoms with Crippen LogP contribution in [0.1, 0.15) is 25.3 Å². The lowest BCUT2D eigenvalue weighted by atomic mass is 10.3. The maximum absolute atomic E-state index is 5.27. The van der Waals surface area contributed by atoms with Gasteiger partial charge in [-0.1, -0.05) is 0 Å². The van der Waals surface area contributed by atoms with E-state index in [4.69, 9.17) is 4.74 Å². The molecule has 0 spiro atoms. The predicted molar refractivity (Wildman–Crippen MR) is 76.7 cm³/mol. The molecule has 0 aliphatic heterocycles. The van der Waals surface area contributed by atoms with E-state index in [-0.39, 0.29) is 12.4 Å². The van der Waals surface area contributed by atoms with E-state index in [9.17, 15) is 0 Å². The summed E-state index contributed by atoms with van der Waals surface area (Å²) in [6, 6.07) is 2.16. The summed E-state index contributed by atoms with van der Waals surface area (Å²) in [6.07, 6.45) is 2.33. The first kappa shape index (κ1) is 16.4. The molecule has 0 saturated heterocycles. The van der Waals surface area contributed by atoms with E-state index in [2.05, 4.69) is 32.7 Å². The zero-order valence-electron chi connectivity index (χ0n) is 9.50. The summed E-state index contributed by atoms with van der Waals surface area (Å²) in [6.45, 7) is 5.79. The zero-order chi connectivity index (χ0) is 10.9. The standard InChI is InChI=1S/C11H18BrNOS.ClH/c1-2-14-6-4-3-5-13-8-10-7-11(12)15-9-10;/h7,9,13H,2-6,8H2,1H3;1H. The van der Waals surface area contributed by atoms with Gasteiger partial charge in [-0.25, -0.2) is 0 Å². The number of halogens is 2. The van der Waals surface area contributed by atoms with E-state index >= 15 is 0 Å². The summed E-state index contributed by atoms with van der Waals surface area (Å²) in [4.78, 5) is 0. The first-order valence-corrected chi connectivity index (χ1v) is 7.01. The highest BCUT2D eigenvalue weighted by atomic mass is 79.9. The lowest BCUT2D eigenvalue weighted by Crippen LogP contribution is -2.14. The molecule has 94 valence electrons. The summed E-state index contributed by atoms with van der Waals surface area (Å²) < 4.78 is 6.47. The van der Waals surface area contributed by atoms with Crippen LogP contribution in [0.3, 0.4) is 0 Å². The van der Waals surface area contributed by atoms with Crippen LogP contribution in [-0.4, -0.2) is 19.8 Å². The Bertz CT molecular complexity index is 270. The topological polar surface area (TPSA) is 21.3 Å². The third-order valence-electron chi connectivity index (χ3n) is 2.05. The van der Waals surface area contributed by atoms with Gasteiger partial charge in [0.15, 0.2) is 0 Å². The molecule has 0 aliphatic rings. The number of thiophene rings is 1. The van der Waals surface area contributed by atoms with Gasteiger partial charge < -0.3 is 10.1 Å². The molecule has 0 bridgehead atoms. The molecule has 0 unspecified atom stereocenters. The first-order valence-electron chi connectivity index (χ1n) is 5.34. The third-order valence-corrected chi connectivity index (χ3v) is 3.60. The number of rotatable bonds is 8. The quantitative estimate of drug-likeness (QED) is 0.732. The molecule has 5 heteroatoms. The van der Waals surface area contributed by atoms with Crippen LogP contribution in [0.5, 0.6) is 0 Å². The molecule has 16 heavy (non-hydrogen) atoms. The molecule has 1 heterocycles. The number of hydrogen-bond acceptors (Lipinski definition) is 3. The molecule has 0 aromatic carbocycles. The second-order valence-corrected chi connectivity index (χ2v) is 5.63. The number of ether oxygens (including phenoxy) is 1. The van der Waals surface area contributed by atoms with Crippen LogP contribution in [0.4, 0.5) is 0 Å². The normalized spacial score (nSPS) is 10.1. The second-order valence-electron chi connectivity index (χ2n) is 3.34. The van der Waals surface area contributed by atoms with Crippen LogP contribution < -0.4 is 5.32 Å².